The normalized spacial score (nSPS) is 11.3. The molecule has 0 aliphatic rings. The zero-order valence-corrected chi connectivity index (χ0v) is 14.3. The van der Waals surface area contributed by atoms with Gasteiger partial charge in [0.15, 0.2) is 0 Å². The monoisotopic (exact) mass is 318 g/mol. The first-order chi connectivity index (χ1) is 11.1. The summed E-state index contributed by atoms with van der Waals surface area (Å²) in [5, 5.41) is 0.875. The Morgan fingerprint density at radius 3 is 2.57 bits per heavy atom. The predicted octanol–water partition coefficient (Wildman–Crippen LogP) is 4.19. The maximum Gasteiger partial charge on any atom is 0.343 e. The Bertz CT molecular complexity index is 673. The number of para-hydroxylation sites is 1. The highest BCUT2D eigenvalue weighted by Crippen LogP contribution is 2.29. The second kappa shape index (κ2) is 8.73. The third-order valence-electron chi connectivity index (χ3n) is 3.71. The van der Waals surface area contributed by atoms with E-state index in [1.165, 1.54) is 0 Å². The van der Waals surface area contributed by atoms with Crippen LogP contribution < -0.4 is 10.4 Å². The quantitative estimate of drug-likeness (QED) is 0.514. The minimum atomic E-state index is -0.285. The van der Waals surface area contributed by atoms with Crippen molar-refractivity contribution in [1.29, 1.82) is 0 Å². The van der Waals surface area contributed by atoms with Crippen LogP contribution in [0.3, 0.4) is 0 Å². The van der Waals surface area contributed by atoms with Gasteiger partial charge in [0.2, 0.25) is 0 Å². The molecule has 0 unspecified atom stereocenters. The summed E-state index contributed by atoms with van der Waals surface area (Å²) >= 11 is 0. The van der Waals surface area contributed by atoms with Crippen molar-refractivity contribution < 1.29 is 13.9 Å². The van der Waals surface area contributed by atoms with Gasteiger partial charge >= 0.3 is 5.63 Å². The van der Waals surface area contributed by atoms with Gasteiger partial charge in [-0.05, 0) is 43.7 Å². The van der Waals surface area contributed by atoms with Crippen LogP contribution in [0.2, 0.25) is 0 Å². The van der Waals surface area contributed by atoms with Crippen molar-refractivity contribution in [2.24, 2.45) is 5.92 Å². The number of fused-ring (bicyclic) bond motifs is 1. The lowest BCUT2D eigenvalue weighted by Crippen LogP contribution is -2.14. The molecule has 2 rings (SSSR count). The first kappa shape index (κ1) is 17.5. The van der Waals surface area contributed by atoms with Crippen LogP contribution in [0, 0.1) is 5.92 Å². The van der Waals surface area contributed by atoms with E-state index in [0.29, 0.717) is 35.8 Å². The van der Waals surface area contributed by atoms with Crippen LogP contribution >= 0.6 is 0 Å². The molecule has 0 aliphatic heterocycles. The van der Waals surface area contributed by atoms with Crippen molar-refractivity contribution in [3.8, 4) is 5.75 Å². The second-order valence-corrected chi connectivity index (χ2v) is 6.19. The average Bonchev–Trinajstić information content (AvgIpc) is 2.52. The summed E-state index contributed by atoms with van der Waals surface area (Å²) in [5.74, 6) is 1.06. The molecule has 0 spiro atoms. The molecule has 0 fully saturated rings. The Balaban J connectivity index is 2.21. The summed E-state index contributed by atoms with van der Waals surface area (Å²) in [5.41, 5.74) is 0.946. The van der Waals surface area contributed by atoms with Crippen LogP contribution in [-0.2, 0) is 11.2 Å². The molecule has 4 nitrogen and oxygen atoms in total. The number of ether oxygens (including phenoxy) is 2. The van der Waals surface area contributed by atoms with Crippen molar-refractivity contribution in [3.05, 3.63) is 40.2 Å². The van der Waals surface area contributed by atoms with Crippen LogP contribution in [0.5, 0.6) is 5.75 Å². The van der Waals surface area contributed by atoms with Crippen LogP contribution in [0.25, 0.3) is 11.0 Å². The topological polar surface area (TPSA) is 48.7 Å². The molecule has 0 atom stereocenters. The summed E-state index contributed by atoms with van der Waals surface area (Å²) < 4.78 is 16.5. The van der Waals surface area contributed by atoms with Crippen LogP contribution in [0.4, 0.5) is 0 Å². The van der Waals surface area contributed by atoms with Gasteiger partial charge in [-0.3, -0.25) is 0 Å². The largest absolute Gasteiger partial charge is 0.492 e. The molecule has 1 heterocycles. The fraction of sp³-hybridized carbons (Fsp3) is 0.526. The van der Waals surface area contributed by atoms with E-state index in [1.54, 1.807) is 13.2 Å². The summed E-state index contributed by atoms with van der Waals surface area (Å²) in [7, 11) is 1.71. The number of unbranched alkanes of at least 4 members (excludes halogenated alkanes) is 2. The molecule has 0 saturated carbocycles. The highest BCUT2D eigenvalue weighted by molar-refractivity contribution is 5.84. The lowest BCUT2D eigenvalue weighted by Gasteiger charge is -2.14. The average molecular weight is 318 g/mol. The maximum atomic E-state index is 12.3. The molecule has 1 aromatic carbocycles. The Kier molecular flexibility index (Phi) is 6.66. The van der Waals surface area contributed by atoms with E-state index >= 15 is 0 Å². The molecule has 23 heavy (non-hydrogen) atoms. The van der Waals surface area contributed by atoms with E-state index in [1.807, 2.05) is 18.2 Å². The molecule has 0 saturated heterocycles. The van der Waals surface area contributed by atoms with Gasteiger partial charge in [-0.15, -0.1) is 0 Å². The van der Waals surface area contributed by atoms with E-state index in [4.69, 9.17) is 13.9 Å². The first-order valence-electron chi connectivity index (χ1n) is 8.30. The number of hydrogen-bond acceptors (Lipinski definition) is 4. The highest BCUT2D eigenvalue weighted by Gasteiger charge is 2.16. The summed E-state index contributed by atoms with van der Waals surface area (Å²) in [6, 6.07) is 7.55. The fourth-order valence-corrected chi connectivity index (χ4v) is 2.61. The van der Waals surface area contributed by atoms with Gasteiger partial charge in [0.05, 0.1) is 17.6 Å². The van der Waals surface area contributed by atoms with Crippen molar-refractivity contribution in [2.45, 2.75) is 39.5 Å². The molecule has 0 radical (unpaired) electrons. The third-order valence-corrected chi connectivity index (χ3v) is 3.71. The Hall–Kier alpha value is -1.81. The van der Waals surface area contributed by atoms with Crippen LogP contribution in [0.15, 0.2) is 33.5 Å². The molecule has 0 bridgehead atoms. The van der Waals surface area contributed by atoms with Gasteiger partial charge in [-0.1, -0.05) is 26.0 Å². The lowest BCUT2D eigenvalue weighted by atomic mass is 10.0. The third kappa shape index (κ3) is 4.83. The van der Waals surface area contributed by atoms with Crippen molar-refractivity contribution >= 4 is 11.0 Å². The van der Waals surface area contributed by atoms with E-state index in [-0.39, 0.29) is 5.63 Å². The van der Waals surface area contributed by atoms with Crippen LogP contribution in [-0.4, -0.2) is 20.3 Å². The molecule has 0 amide bonds. The SMILES string of the molecule is COCCCCCOc1c(CC(C)C)c(=O)oc2ccccc12. The van der Waals surface area contributed by atoms with Gasteiger partial charge in [0.1, 0.15) is 11.3 Å². The van der Waals surface area contributed by atoms with Gasteiger partial charge in [0, 0.05) is 13.7 Å². The van der Waals surface area contributed by atoms with E-state index in [2.05, 4.69) is 13.8 Å². The minimum Gasteiger partial charge on any atom is -0.492 e. The number of rotatable bonds is 9. The summed E-state index contributed by atoms with van der Waals surface area (Å²) in [4.78, 5) is 12.3. The first-order valence-corrected chi connectivity index (χ1v) is 8.30. The van der Waals surface area contributed by atoms with Gasteiger partial charge in [-0.25, -0.2) is 4.79 Å². The summed E-state index contributed by atoms with van der Waals surface area (Å²) in [6.07, 6.45) is 3.67. The molecule has 2 aromatic rings. The Labute approximate surface area is 137 Å². The summed E-state index contributed by atoms with van der Waals surface area (Å²) in [6.45, 7) is 5.55. The minimum absolute atomic E-state index is 0.285. The van der Waals surface area contributed by atoms with Crippen molar-refractivity contribution in [2.75, 3.05) is 20.3 Å². The smallest absolute Gasteiger partial charge is 0.343 e. The van der Waals surface area contributed by atoms with E-state index < -0.39 is 0 Å². The maximum absolute atomic E-state index is 12.3. The van der Waals surface area contributed by atoms with Crippen molar-refractivity contribution in [1.82, 2.24) is 0 Å². The van der Waals surface area contributed by atoms with E-state index in [9.17, 15) is 4.79 Å². The molecule has 126 valence electrons. The van der Waals surface area contributed by atoms with Crippen LogP contribution in [0.1, 0.15) is 38.7 Å². The molecule has 1 aromatic heterocycles. The second-order valence-electron chi connectivity index (χ2n) is 6.19. The number of hydrogen-bond donors (Lipinski definition) is 0. The highest BCUT2D eigenvalue weighted by atomic mass is 16.5. The van der Waals surface area contributed by atoms with Gasteiger partial charge in [-0.2, -0.15) is 0 Å². The Morgan fingerprint density at radius 1 is 1.09 bits per heavy atom. The molecule has 0 aliphatic carbocycles. The number of benzene rings is 1. The standard InChI is InChI=1S/C19H26O4/c1-14(2)13-16-18(22-12-8-4-7-11-21-3)15-9-5-6-10-17(15)23-19(16)20/h5-6,9-10,14H,4,7-8,11-13H2,1-3H3. The molecule has 0 N–H and O–H groups in total. The predicted molar refractivity (Wildman–Crippen MR) is 92.2 cm³/mol. The van der Waals surface area contributed by atoms with Crippen molar-refractivity contribution in [3.63, 3.8) is 0 Å². The van der Waals surface area contributed by atoms with Gasteiger partial charge in [0.25, 0.3) is 0 Å². The Morgan fingerprint density at radius 2 is 1.83 bits per heavy atom. The molecular formula is C19H26O4. The molecular weight excluding hydrogens is 292 g/mol. The zero-order chi connectivity index (χ0) is 16.7. The van der Waals surface area contributed by atoms with Gasteiger partial charge < -0.3 is 13.9 Å². The lowest BCUT2D eigenvalue weighted by molar-refractivity contribution is 0.189. The fourth-order valence-electron chi connectivity index (χ4n) is 2.61. The zero-order valence-electron chi connectivity index (χ0n) is 14.3. The van der Waals surface area contributed by atoms with E-state index in [0.717, 1.165) is 31.3 Å². The number of methoxy groups -OCH3 is 1. The molecule has 4 heteroatoms.